The van der Waals surface area contributed by atoms with Crippen LogP contribution < -0.4 is 0 Å². The zero-order chi connectivity index (χ0) is 13.0. The molecule has 0 saturated heterocycles. The van der Waals surface area contributed by atoms with E-state index in [9.17, 15) is 4.79 Å². The maximum atomic E-state index is 11.1. The summed E-state index contributed by atoms with van der Waals surface area (Å²) in [5, 5.41) is 9.11. The first-order valence-corrected chi connectivity index (χ1v) is 8.12. The lowest BCUT2D eigenvalue weighted by molar-refractivity contribution is -0.142. The third kappa shape index (κ3) is 1.95. The molecule has 5 aliphatic rings. The van der Waals surface area contributed by atoms with E-state index in [0.29, 0.717) is 0 Å². The number of carbonyl (C=O) groups is 1. The van der Waals surface area contributed by atoms with E-state index in [0.717, 1.165) is 48.9 Å². The topological polar surface area (TPSA) is 37.3 Å². The van der Waals surface area contributed by atoms with Crippen molar-refractivity contribution in [3.8, 4) is 0 Å². The van der Waals surface area contributed by atoms with Crippen LogP contribution >= 0.6 is 0 Å². The molecule has 19 heavy (non-hydrogen) atoms. The second kappa shape index (κ2) is 4.36. The van der Waals surface area contributed by atoms with Crippen LogP contribution in [0.1, 0.15) is 51.4 Å². The third-order valence-electron chi connectivity index (χ3n) is 6.45. The van der Waals surface area contributed by atoms with Gasteiger partial charge in [-0.1, -0.05) is 11.6 Å². The van der Waals surface area contributed by atoms with Gasteiger partial charge in [-0.05, 0) is 81.0 Å². The molecule has 1 atom stereocenters. The lowest BCUT2D eigenvalue weighted by atomic mass is 9.50. The smallest absolute Gasteiger partial charge is 0.306 e. The molecule has 1 unspecified atom stereocenters. The summed E-state index contributed by atoms with van der Waals surface area (Å²) in [6, 6.07) is 0. The quantitative estimate of drug-likeness (QED) is 0.765. The predicted octanol–water partition coefficient (Wildman–Crippen LogP) is 3.87. The third-order valence-corrected chi connectivity index (χ3v) is 6.45. The summed E-state index contributed by atoms with van der Waals surface area (Å²) in [6.45, 7) is 0. The second-order valence-corrected chi connectivity index (χ2v) is 7.55. The number of hydrogen-bond acceptors (Lipinski definition) is 1. The van der Waals surface area contributed by atoms with Crippen molar-refractivity contribution in [1.82, 2.24) is 0 Å². The molecule has 4 bridgehead atoms. The molecule has 4 saturated carbocycles. The molecule has 0 aliphatic heterocycles. The van der Waals surface area contributed by atoms with Gasteiger partial charge >= 0.3 is 5.97 Å². The molecular weight excluding hydrogens is 236 g/mol. The Balaban J connectivity index is 1.52. The molecule has 5 rings (SSSR count). The summed E-state index contributed by atoms with van der Waals surface area (Å²) in [7, 11) is 0. The van der Waals surface area contributed by atoms with Crippen LogP contribution in [0, 0.1) is 35.5 Å². The number of hydrogen-bond donors (Lipinski definition) is 1. The largest absolute Gasteiger partial charge is 0.481 e. The lowest BCUT2D eigenvalue weighted by Crippen LogP contribution is -2.46. The predicted molar refractivity (Wildman–Crippen MR) is 73.6 cm³/mol. The minimum Gasteiger partial charge on any atom is -0.481 e. The first-order chi connectivity index (χ1) is 9.20. The van der Waals surface area contributed by atoms with E-state index in [4.69, 9.17) is 5.11 Å². The molecule has 0 aromatic rings. The van der Waals surface area contributed by atoms with Crippen LogP contribution in [-0.2, 0) is 4.79 Å². The minimum absolute atomic E-state index is 0.111. The van der Waals surface area contributed by atoms with Gasteiger partial charge in [0.2, 0.25) is 0 Å². The maximum Gasteiger partial charge on any atom is 0.306 e. The molecule has 2 heteroatoms. The number of aliphatic carboxylic acids is 1. The summed E-state index contributed by atoms with van der Waals surface area (Å²) in [4.78, 5) is 11.1. The standard InChI is InChI=1S/C17H24O2/c18-17(19)13-3-1-12(2-4-13)16-14-6-10-5-11(8-14)9-15(16)7-10/h1,10-11,13-16H,2-9H2,(H,18,19). The van der Waals surface area contributed by atoms with Gasteiger partial charge in [0.1, 0.15) is 0 Å². The van der Waals surface area contributed by atoms with Gasteiger partial charge in [-0.3, -0.25) is 4.79 Å². The molecule has 0 aromatic carbocycles. The van der Waals surface area contributed by atoms with Crippen LogP contribution in [0.4, 0.5) is 0 Å². The molecule has 4 fully saturated rings. The zero-order valence-electron chi connectivity index (χ0n) is 11.6. The Kier molecular flexibility index (Phi) is 2.75. The highest BCUT2D eigenvalue weighted by atomic mass is 16.4. The van der Waals surface area contributed by atoms with Crippen molar-refractivity contribution >= 4 is 5.97 Å². The van der Waals surface area contributed by atoms with Crippen molar-refractivity contribution in [2.45, 2.75) is 51.4 Å². The molecule has 5 aliphatic carbocycles. The van der Waals surface area contributed by atoms with Gasteiger partial charge in [-0.2, -0.15) is 0 Å². The van der Waals surface area contributed by atoms with E-state index in [1.54, 1.807) is 5.57 Å². The average molecular weight is 260 g/mol. The Morgan fingerprint density at radius 1 is 1.05 bits per heavy atom. The summed E-state index contributed by atoms with van der Waals surface area (Å²) >= 11 is 0. The maximum absolute atomic E-state index is 11.1. The Hall–Kier alpha value is -0.790. The van der Waals surface area contributed by atoms with E-state index in [1.807, 2.05) is 0 Å². The molecule has 2 nitrogen and oxygen atoms in total. The van der Waals surface area contributed by atoms with Crippen molar-refractivity contribution < 1.29 is 9.90 Å². The Bertz CT molecular complexity index is 395. The normalized spacial score (nSPS) is 48.1. The molecule has 0 amide bonds. The first-order valence-electron chi connectivity index (χ1n) is 8.12. The van der Waals surface area contributed by atoms with Crippen molar-refractivity contribution in [2.75, 3.05) is 0 Å². The van der Waals surface area contributed by atoms with E-state index < -0.39 is 5.97 Å². The highest BCUT2D eigenvalue weighted by molar-refractivity contribution is 5.70. The fourth-order valence-electron chi connectivity index (χ4n) is 5.91. The van der Waals surface area contributed by atoms with E-state index in [1.165, 1.54) is 32.1 Å². The molecule has 1 N–H and O–H groups in total. The minimum atomic E-state index is -0.597. The summed E-state index contributed by atoms with van der Waals surface area (Å²) in [5.41, 5.74) is 1.64. The van der Waals surface area contributed by atoms with E-state index in [2.05, 4.69) is 6.08 Å². The van der Waals surface area contributed by atoms with Gasteiger partial charge in [-0.15, -0.1) is 0 Å². The van der Waals surface area contributed by atoms with Crippen LogP contribution in [0.2, 0.25) is 0 Å². The molecular formula is C17H24O2. The monoisotopic (exact) mass is 260 g/mol. The fraction of sp³-hybridized carbons (Fsp3) is 0.824. The average Bonchev–Trinajstić information content (AvgIpc) is 2.38. The summed E-state index contributed by atoms with van der Waals surface area (Å²) in [5.74, 6) is 4.10. The van der Waals surface area contributed by atoms with Crippen molar-refractivity contribution in [2.24, 2.45) is 35.5 Å². The highest BCUT2D eigenvalue weighted by Gasteiger charge is 2.49. The van der Waals surface area contributed by atoms with Crippen molar-refractivity contribution in [3.05, 3.63) is 11.6 Å². The molecule has 0 heterocycles. The molecule has 0 spiro atoms. The van der Waals surface area contributed by atoms with E-state index in [-0.39, 0.29) is 5.92 Å². The van der Waals surface area contributed by atoms with Gasteiger partial charge in [0.05, 0.1) is 5.92 Å². The van der Waals surface area contributed by atoms with Crippen LogP contribution in [0.15, 0.2) is 11.6 Å². The molecule has 0 aromatic heterocycles. The summed E-state index contributed by atoms with van der Waals surface area (Å²) in [6.07, 6.45) is 12.4. The van der Waals surface area contributed by atoms with Crippen molar-refractivity contribution in [1.29, 1.82) is 0 Å². The van der Waals surface area contributed by atoms with Gasteiger partial charge in [0.25, 0.3) is 0 Å². The van der Waals surface area contributed by atoms with Gasteiger partial charge in [0, 0.05) is 0 Å². The van der Waals surface area contributed by atoms with Gasteiger partial charge in [-0.25, -0.2) is 0 Å². The van der Waals surface area contributed by atoms with Gasteiger partial charge < -0.3 is 5.11 Å². The number of allylic oxidation sites excluding steroid dienone is 2. The van der Waals surface area contributed by atoms with Crippen molar-refractivity contribution in [3.63, 3.8) is 0 Å². The number of carboxylic acids is 1. The summed E-state index contributed by atoms with van der Waals surface area (Å²) < 4.78 is 0. The van der Waals surface area contributed by atoms with Crippen LogP contribution in [0.5, 0.6) is 0 Å². The van der Waals surface area contributed by atoms with E-state index >= 15 is 0 Å². The Labute approximate surface area is 115 Å². The number of carboxylic acid groups (broad SMARTS) is 1. The Morgan fingerprint density at radius 3 is 2.16 bits per heavy atom. The van der Waals surface area contributed by atoms with Gasteiger partial charge in [0.15, 0.2) is 0 Å². The fourth-order valence-corrected chi connectivity index (χ4v) is 5.91. The molecule has 0 radical (unpaired) electrons. The highest BCUT2D eigenvalue weighted by Crippen LogP contribution is 2.59. The van der Waals surface area contributed by atoms with Crippen LogP contribution in [0.25, 0.3) is 0 Å². The zero-order valence-corrected chi connectivity index (χ0v) is 11.6. The second-order valence-electron chi connectivity index (χ2n) is 7.55. The van der Waals surface area contributed by atoms with Crippen LogP contribution in [0.3, 0.4) is 0 Å². The molecule has 104 valence electrons. The lowest BCUT2D eigenvalue weighted by Gasteiger charge is -2.55. The Morgan fingerprint density at radius 2 is 1.68 bits per heavy atom. The van der Waals surface area contributed by atoms with Crippen LogP contribution in [-0.4, -0.2) is 11.1 Å². The first kappa shape index (κ1) is 12.0. The number of rotatable bonds is 2. The SMILES string of the molecule is O=C(O)C1CC=C(C2C3CC4CC(C3)CC2C4)CC1.